The zero-order valence-electron chi connectivity index (χ0n) is 16.3. The fourth-order valence-corrected chi connectivity index (χ4v) is 4.28. The Bertz CT molecular complexity index is 1200. The Kier molecular flexibility index (Phi) is 6.28. The molecule has 0 radical (unpaired) electrons. The van der Waals surface area contributed by atoms with Crippen LogP contribution < -0.4 is 0 Å². The largest absolute Gasteiger partial charge is 0.465 e. The first-order chi connectivity index (χ1) is 15.0. The van der Waals surface area contributed by atoms with Gasteiger partial charge in [-0.25, -0.2) is 4.79 Å². The summed E-state index contributed by atoms with van der Waals surface area (Å²) >= 11 is 3.08. The van der Waals surface area contributed by atoms with Gasteiger partial charge in [-0.3, -0.25) is 14.5 Å². The van der Waals surface area contributed by atoms with Crippen molar-refractivity contribution >= 4 is 57.5 Å². The Hall–Kier alpha value is -2.85. The third kappa shape index (κ3) is 4.59. The first-order valence-corrected chi connectivity index (χ1v) is 11.1. The summed E-state index contributed by atoms with van der Waals surface area (Å²) < 4.78 is 11.7. The molecule has 0 unspecified atom stereocenters. The number of methoxy groups -OCH3 is 1. The van der Waals surface area contributed by atoms with Gasteiger partial charge in [0.25, 0.3) is 11.1 Å². The van der Waals surface area contributed by atoms with Crippen LogP contribution in [-0.4, -0.2) is 29.1 Å². The van der Waals surface area contributed by atoms with Gasteiger partial charge in [-0.2, -0.15) is 0 Å². The molecule has 1 saturated heterocycles. The summed E-state index contributed by atoms with van der Waals surface area (Å²) in [7, 11) is 1.32. The van der Waals surface area contributed by atoms with Crippen molar-refractivity contribution in [2.45, 2.75) is 6.54 Å². The molecule has 4 rings (SSSR count). The number of carbonyl (C=O) groups is 3. The van der Waals surface area contributed by atoms with E-state index in [4.69, 9.17) is 9.15 Å². The van der Waals surface area contributed by atoms with Gasteiger partial charge in [0.1, 0.15) is 11.5 Å². The van der Waals surface area contributed by atoms with Crippen LogP contribution in [0.5, 0.6) is 0 Å². The molecule has 0 bridgehead atoms. The van der Waals surface area contributed by atoms with Gasteiger partial charge in [-0.05, 0) is 70.2 Å². The molecule has 2 amide bonds. The normalized spacial score (nSPS) is 15.0. The number of ether oxygens (including phenoxy) is 1. The SMILES string of the molecule is COC(=O)c1ccccc1-c1ccc(/C=C2\SC(=O)N(Cc3ccc(I)cc3)C2=O)o1. The average molecular weight is 545 g/mol. The van der Waals surface area contributed by atoms with E-state index in [1.165, 1.54) is 12.0 Å². The van der Waals surface area contributed by atoms with Crippen LogP contribution in [0.3, 0.4) is 0 Å². The lowest BCUT2D eigenvalue weighted by molar-refractivity contribution is -0.123. The van der Waals surface area contributed by atoms with E-state index in [2.05, 4.69) is 22.6 Å². The van der Waals surface area contributed by atoms with E-state index in [-0.39, 0.29) is 22.6 Å². The van der Waals surface area contributed by atoms with Crippen LogP contribution in [0.4, 0.5) is 4.79 Å². The van der Waals surface area contributed by atoms with E-state index in [0.29, 0.717) is 22.6 Å². The number of nitrogens with zero attached hydrogens (tertiary/aromatic N) is 1. The van der Waals surface area contributed by atoms with Gasteiger partial charge in [-0.1, -0.05) is 30.3 Å². The van der Waals surface area contributed by atoms with E-state index in [9.17, 15) is 14.4 Å². The summed E-state index contributed by atoms with van der Waals surface area (Å²) in [4.78, 5) is 38.7. The van der Waals surface area contributed by atoms with Crippen LogP contribution in [0.2, 0.25) is 0 Å². The predicted octanol–water partition coefficient (Wildman–Crippen LogP) is 5.57. The van der Waals surface area contributed by atoms with Crippen molar-refractivity contribution in [3.8, 4) is 11.3 Å². The van der Waals surface area contributed by atoms with Crippen molar-refractivity contribution in [2.75, 3.05) is 7.11 Å². The van der Waals surface area contributed by atoms with E-state index >= 15 is 0 Å². The van der Waals surface area contributed by atoms with Crippen molar-refractivity contribution in [1.82, 2.24) is 4.90 Å². The predicted molar refractivity (Wildman–Crippen MR) is 126 cm³/mol. The molecule has 0 saturated carbocycles. The van der Waals surface area contributed by atoms with Gasteiger partial charge < -0.3 is 9.15 Å². The first-order valence-electron chi connectivity index (χ1n) is 9.23. The summed E-state index contributed by atoms with van der Waals surface area (Å²) in [5.41, 5.74) is 1.84. The standard InChI is InChI=1S/C23H16INO5S/c1-29-22(27)18-5-3-2-4-17(18)19-11-10-16(30-19)12-20-21(26)25(23(28)31-20)13-14-6-8-15(24)9-7-14/h2-12H,13H2,1H3/b20-12-. The van der Waals surface area contributed by atoms with Crippen LogP contribution in [-0.2, 0) is 16.1 Å². The maximum Gasteiger partial charge on any atom is 0.338 e. The summed E-state index contributed by atoms with van der Waals surface area (Å²) in [6.45, 7) is 0.217. The topological polar surface area (TPSA) is 76.8 Å². The molecule has 8 heteroatoms. The van der Waals surface area contributed by atoms with E-state index in [1.807, 2.05) is 24.3 Å². The number of benzene rings is 2. The van der Waals surface area contributed by atoms with Gasteiger partial charge in [0.05, 0.1) is 24.1 Å². The lowest BCUT2D eigenvalue weighted by Gasteiger charge is -2.12. The van der Waals surface area contributed by atoms with Crippen LogP contribution >= 0.6 is 34.4 Å². The number of amides is 2. The summed E-state index contributed by atoms with van der Waals surface area (Å²) in [6, 6.07) is 18.0. The van der Waals surface area contributed by atoms with E-state index < -0.39 is 5.97 Å². The molecule has 0 atom stereocenters. The van der Waals surface area contributed by atoms with Crippen LogP contribution in [0.15, 0.2) is 70.0 Å². The van der Waals surface area contributed by atoms with Gasteiger partial charge in [-0.15, -0.1) is 0 Å². The number of furan rings is 1. The molecular weight excluding hydrogens is 529 g/mol. The molecule has 31 heavy (non-hydrogen) atoms. The molecule has 1 aromatic heterocycles. The first kappa shape index (κ1) is 21.4. The number of rotatable bonds is 5. The molecule has 0 aliphatic carbocycles. The fourth-order valence-electron chi connectivity index (χ4n) is 3.10. The van der Waals surface area contributed by atoms with Crippen molar-refractivity contribution in [2.24, 2.45) is 0 Å². The second-order valence-corrected chi connectivity index (χ2v) is 8.87. The monoisotopic (exact) mass is 545 g/mol. The number of carbonyl (C=O) groups excluding carboxylic acids is 3. The van der Waals surface area contributed by atoms with Crippen molar-refractivity contribution in [3.05, 3.63) is 86.0 Å². The summed E-state index contributed by atoms with van der Waals surface area (Å²) in [5, 5.41) is -0.322. The second kappa shape index (κ2) is 9.11. The second-order valence-electron chi connectivity index (χ2n) is 6.63. The minimum atomic E-state index is -0.467. The molecule has 0 spiro atoms. The number of hydrogen-bond donors (Lipinski definition) is 0. The van der Waals surface area contributed by atoms with Crippen molar-refractivity contribution < 1.29 is 23.5 Å². The molecule has 1 aliphatic rings. The van der Waals surface area contributed by atoms with E-state index in [0.717, 1.165) is 20.9 Å². The molecule has 3 aromatic rings. The van der Waals surface area contributed by atoms with Crippen LogP contribution in [0.25, 0.3) is 17.4 Å². The lowest BCUT2D eigenvalue weighted by atomic mass is 10.1. The Labute approximate surface area is 196 Å². The van der Waals surface area contributed by atoms with Crippen LogP contribution in [0.1, 0.15) is 21.7 Å². The van der Waals surface area contributed by atoms with Gasteiger partial charge in [0, 0.05) is 15.2 Å². The maximum absolute atomic E-state index is 12.8. The Morgan fingerprint density at radius 3 is 2.58 bits per heavy atom. The molecule has 2 heterocycles. The highest BCUT2D eigenvalue weighted by molar-refractivity contribution is 14.1. The Morgan fingerprint density at radius 1 is 1.10 bits per heavy atom. The average Bonchev–Trinajstić information content (AvgIpc) is 3.35. The van der Waals surface area contributed by atoms with Crippen LogP contribution in [0, 0.1) is 3.57 Å². The maximum atomic E-state index is 12.8. The third-order valence-electron chi connectivity index (χ3n) is 4.63. The van der Waals surface area contributed by atoms with Gasteiger partial charge in [0.15, 0.2) is 0 Å². The lowest BCUT2D eigenvalue weighted by Crippen LogP contribution is -2.27. The number of imide groups is 1. The minimum Gasteiger partial charge on any atom is -0.465 e. The summed E-state index contributed by atoms with van der Waals surface area (Å²) in [5.74, 6) is 0.0477. The highest BCUT2D eigenvalue weighted by atomic mass is 127. The molecule has 2 aromatic carbocycles. The number of hydrogen-bond acceptors (Lipinski definition) is 6. The zero-order chi connectivity index (χ0) is 22.0. The van der Waals surface area contributed by atoms with Gasteiger partial charge in [0.2, 0.25) is 0 Å². The van der Waals surface area contributed by atoms with E-state index in [1.54, 1.807) is 42.5 Å². The van der Waals surface area contributed by atoms with Crippen molar-refractivity contribution in [1.29, 1.82) is 0 Å². The third-order valence-corrected chi connectivity index (χ3v) is 6.25. The van der Waals surface area contributed by atoms with Gasteiger partial charge >= 0.3 is 5.97 Å². The number of esters is 1. The minimum absolute atomic E-state index is 0.217. The highest BCUT2D eigenvalue weighted by Gasteiger charge is 2.35. The zero-order valence-corrected chi connectivity index (χ0v) is 19.3. The molecule has 0 N–H and O–H groups in total. The Balaban J connectivity index is 1.56. The molecule has 1 aliphatic heterocycles. The smallest absolute Gasteiger partial charge is 0.338 e. The quantitative estimate of drug-likeness (QED) is 0.237. The molecule has 156 valence electrons. The molecule has 1 fully saturated rings. The number of halogens is 1. The van der Waals surface area contributed by atoms with Crippen molar-refractivity contribution in [3.63, 3.8) is 0 Å². The number of thioether (sulfide) groups is 1. The Morgan fingerprint density at radius 2 is 1.84 bits per heavy atom. The highest BCUT2D eigenvalue weighted by Crippen LogP contribution is 2.34. The molecule has 6 nitrogen and oxygen atoms in total. The summed E-state index contributed by atoms with van der Waals surface area (Å²) in [6.07, 6.45) is 1.54. The molecular formula is C23H16INO5S. The fraction of sp³-hybridized carbons (Fsp3) is 0.0870.